The molecule has 0 radical (unpaired) electrons. The molecule has 0 saturated carbocycles. The summed E-state index contributed by atoms with van der Waals surface area (Å²) in [5, 5.41) is 3.57. The first-order chi connectivity index (χ1) is 8.72. The average molecular weight is 250 g/mol. The van der Waals surface area contributed by atoms with Gasteiger partial charge in [-0.25, -0.2) is 4.39 Å². The second kappa shape index (κ2) is 6.19. The lowest BCUT2D eigenvalue weighted by Crippen LogP contribution is -2.39. The highest BCUT2D eigenvalue weighted by molar-refractivity contribution is 5.53. The van der Waals surface area contributed by atoms with Crippen LogP contribution in [-0.2, 0) is 0 Å². The highest BCUT2D eigenvalue weighted by Crippen LogP contribution is 2.23. The molecule has 0 aromatic heterocycles. The van der Waals surface area contributed by atoms with Gasteiger partial charge in [0.15, 0.2) is 0 Å². The average Bonchev–Trinajstić information content (AvgIpc) is 2.34. The number of hydrogen-bond acceptors (Lipinski definition) is 2. The molecule has 18 heavy (non-hydrogen) atoms. The van der Waals surface area contributed by atoms with E-state index in [2.05, 4.69) is 17.1 Å². The second-order valence-electron chi connectivity index (χ2n) is 5.07. The Bertz CT molecular complexity index is 392. The maximum Gasteiger partial charge on any atom is 0.128 e. The third kappa shape index (κ3) is 3.02. The van der Waals surface area contributed by atoms with E-state index in [1.54, 1.807) is 6.07 Å². The normalized spacial score (nSPS) is 21.5. The molecule has 1 N–H and O–H groups in total. The highest BCUT2D eigenvalue weighted by Gasteiger charge is 2.16. The molecule has 1 heterocycles. The minimum atomic E-state index is -0.0975. The Morgan fingerprint density at radius 1 is 1.39 bits per heavy atom. The minimum Gasteiger partial charge on any atom is -0.371 e. The van der Waals surface area contributed by atoms with Crippen LogP contribution in [-0.4, -0.2) is 25.7 Å². The van der Waals surface area contributed by atoms with E-state index in [0.717, 1.165) is 50.1 Å². The van der Waals surface area contributed by atoms with Crippen molar-refractivity contribution in [3.8, 4) is 0 Å². The van der Waals surface area contributed by atoms with Crippen molar-refractivity contribution in [2.45, 2.75) is 39.2 Å². The number of hydrogen-bond donors (Lipinski definition) is 1. The minimum absolute atomic E-state index is 0.0975. The molecular weight excluding hydrogens is 227 g/mol. The van der Waals surface area contributed by atoms with Crippen molar-refractivity contribution in [2.24, 2.45) is 0 Å². The standard InChI is InChI=1S/C15H23FN2/c1-3-13-8-11-18(10-5-9-17-13)15-7-4-6-14(16)12(15)2/h4,6-7,13,17H,3,5,8-11H2,1-2H3. The first-order valence-corrected chi connectivity index (χ1v) is 6.95. The molecule has 3 heteroatoms. The molecular formula is C15H23FN2. The van der Waals surface area contributed by atoms with E-state index in [0.29, 0.717) is 6.04 Å². The number of nitrogens with zero attached hydrogens (tertiary/aromatic N) is 1. The van der Waals surface area contributed by atoms with Gasteiger partial charge >= 0.3 is 0 Å². The Morgan fingerprint density at radius 2 is 2.22 bits per heavy atom. The molecule has 0 bridgehead atoms. The van der Waals surface area contributed by atoms with Gasteiger partial charge in [-0.15, -0.1) is 0 Å². The van der Waals surface area contributed by atoms with Crippen molar-refractivity contribution in [1.29, 1.82) is 0 Å². The van der Waals surface area contributed by atoms with E-state index in [1.807, 2.05) is 19.1 Å². The highest BCUT2D eigenvalue weighted by atomic mass is 19.1. The lowest BCUT2D eigenvalue weighted by Gasteiger charge is -2.31. The van der Waals surface area contributed by atoms with Crippen LogP contribution < -0.4 is 10.2 Å². The van der Waals surface area contributed by atoms with Crippen LogP contribution >= 0.6 is 0 Å². The van der Waals surface area contributed by atoms with E-state index in [4.69, 9.17) is 0 Å². The molecule has 0 spiro atoms. The van der Waals surface area contributed by atoms with Crippen molar-refractivity contribution in [3.05, 3.63) is 29.6 Å². The molecule has 1 atom stereocenters. The molecule has 1 aromatic rings. The number of benzene rings is 1. The van der Waals surface area contributed by atoms with Crippen LogP contribution in [0.2, 0.25) is 0 Å². The zero-order valence-electron chi connectivity index (χ0n) is 11.4. The van der Waals surface area contributed by atoms with Crippen molar-refractivity contribution in [3.63, 3.8) is 0 Å². The van der Waals surface area contributed by atoms with Crippen molar-refractivity contribution < 1.29 is 4.39 Å². The fraction of sp³-hybridized carbons (Fsp3) is 0.600. The molecule has 1 unspecified atom stereocenters. The summed E-state index contributed by atoms with van der Waals surface area (Å²) in [5.41, 5.74) is 1.84. The smallest absolute Gasteiger partial charge is 0.128 e. The zero-order chi connectivity index (χ0) is 13.0. The first kappa shape index (κ1) is 13.3. The second-order valence-corrected chi connectivity index (χ2v) is 5.07. The molecule has 2 rings (SSSR count). The van der Waals surface area contributed by atoms with Crippen molar-refractivity contribution in [2.75, 3.05) is 24.5 Å². The first-order valence-electron chi connectivity index (χ1n) is 6.95. The Labute approximate surface area is 109 Å². The summed E-state index contributed by atoms with van der Waals surface area (Å²) in [6.07, 6.45) is 3.41. The molecule has 1 aliphatic rings. The number of nitrogens with one attached hydrogen (secondary N) is 1. The largest absolute Gasteiger partial charge is 0.371 e. The summed E-state index contributed by atoms with van der Waals surface area (Å²) in [4.78, 5) is 2.34. The third-order valence-electron chi connectivity index (χ3n) is 3.86. The molecule has 0 aliphatic carbocycles. The predicted octanol–water partition coefficient (Wildman–Crippen LogP) is 3.10. The zero-order valence-corrected chi connectivity index (χ0v) is 11.4. The Balaban J connectivity index is 2.13. The van der Waals surface area contributed by atoms with Crippen LogP contribution in [0.15, 0.2) is 18.2 Å². The van der Waals surface area contributed by atoms with E-state index in [9.17, 15) is 4.39 Å². The monoisotopic (exact) mass is 250 g/mol. The van der Waals surface area contributed by atoms with E-state index in [-0.39, 0.29) is 5.82 Å². The molecule has 1 fully saturated rings. The topological polar surface area (TPSA) is 15.3 Å². The van der Waals surface area contributed by atoms with Gasteiger partial charge in [-0.1, -0.05) is 13.0 Å². The van der Waals surface area contributed by atoms with Crippen LogP contribution in [0.25, 0.3) is 0 Å². The van der Waals surface area contributed by atoms with Gasteiger partial charge < -0.3 is 10.2 Å². The van der Waals surface area contributed by atoms with Gasteiger partial charge in [0.05, 0.1) is 0 Å². The lowest BCUT2D eigenvalue weighted by molar-refractivity contribution is 0.439. The third-order valence-corrected chi connectivity index (χ3v) is 3.86. The van der Waals surface area contributed by atoms with Gasteiger partial charge in [-0.2, -0.15) is 0 Å². The molecule has 0 amide bonds. The fourth-order valence-corrected chi connectivity index (χ4v) is 2.63. The van der Waals surface area contributed by atoms with Crippen LogP contribution in [0.1, 0.15) is 31.7 Å². The van der Waals surface area contributed by atoms with Gasteiger partial charge in [0, 0.05) is 30.4 Å². The van der Waals surface area contributed by atoms with Gasteiger partial charge in [-0.3, -0.25) is 0 Å². The molecule has 2 nitrogen and oxygen atoms in total. The number of anilines is 1. The van der Waals surface area contributed by atoms with Gasteiger partial charge in [0.25, 0.3) is 0 Å². The predicted molar refractivity (Wildman–Crippen MR) is 74.7 cm³/mol. The number of rotatable bonds is 2. The van der Waals surface area contributed by atoms with E-state index in [1.165, 1.54) is 0 Å². The molecule has 1 aromatic carbocycles. The fourth-order valence-electron chi connectivity index (χ4n) is 2.63. The van der Waals surface area contributed by atoms with Crippen LogP contribution in [0.4, 0.5) is 10.1 Å². The summed E-state index contributed by atoms with van der Waals surface area (Å²) in [5.74, 6) is -0.0975. The van der Waals surface area contributed by atoms with E-state index >= 15 is 0 Å². The summed E-state index contributed by atoms with van der Waals surface area (Å²) in [7, 11) is 0. The Kier molecular flexibility index (Phi) is 4.59. The quantitative estimate of drug-likeness (QED) is 0.867. The van der Waals surface area contributed by atoms with Gasteiger partial charge in [0.1, 0.15) is 5.82 Å². The van der Waals surface area contributed by atoms with Crippen LogP contribution in [0.5, 0.6) is 0 Å². The SMILES string of the molecule is CCC1CCN(c2cccc(F)c2C)CCCN1. The lowest BCUT2D eigenvalue weighted by atomic mass is 10.1. The van der Waals surface area contributed by atoms with Crippen molar-refractivity contribution >= 4 is 5.69 Å². The van der Waals surface area contributed by atoms with Gasteiger partial charge in [0.2, 0.25) is 0 Å². The Hall–Kier alpha value is -1.09. The Morgan fingerprint density at radius 3 is 3.00 bits per heavy atom. The molecule has 100 valence electrons. The van der Waals surface area contributed by atoms with Crippen molar-refractivity contribution in [1.82, 2.24) is 5.32 Å². The van der Waals surface area contributed by atoms with E-state index < -0.39 is 0 Å². The number of halogens is 1. The molecule has 1 aliphatic heterocycles. The summed E-state index contributed by atoms with van der Waals surface area (Å²) >= 11 is 0. The maximum absolute atomic E-state index is 13.6. The summed E-state index contributed by atoms with van der Waals surface area (Å²) in [6, 6.07) is 5.99. The van der Waals surface area contributed by atoms with Gasteiger partial charge in [-0.05, 0) is 44.9 Å². The van der Waals surface area contributed by atoms with Crippen LogP contribution in [0.3, 0.4) is 0 Å². The maximum atomic E-state index is 13.6. The van der Waals surface area contributed by atoms with Crippen LogP contribution in [0, 0.1) is 12.7 Å². The summed E-state index contributed by atoms with van der Waals surface area (Å²) in [6.45, 7) is 7.17. The molecule has 1 saturated heterocycles. The summed E-state index contributed by atoms with van der Waals surface area (Å²) < 4.78 is 13.6.